The summed E-state index contributed by atoms with van der Waals surface area (Å²) in [5.74, 6) is 0.974. The number of rotatable bonds is 7. The first-order chi connectivity index (χ1) is 10.3. The largest absolute Gasteiger partial charge is 0.493 e. The summed E-state index contributed by atoms with van der Waals surface area (Å²) < 4.78 is 11.9. The van der Waals surface area contributed by atoms with Gasteiger partial charge in [0.2, 0.25) is 0 Å². The second-order valence-electron chi connectivity index (χ2n) is 5.59. The Morgan fingerprint density at radius 2 is 2.19 bits per heavy atom. The fourth-order valence-electron chi connectivity index (χ4n) is 2.76. The molecule has 1 aromatic carbocycles. The van der Waals surface area contributed by atoms with E-state index in [1.54, 1.807) is 0 Å². The van der Waals surface area contributed by atoms with Crippen LogP contribution in [0.1, 0.15) is 31.9 Å². The van der Waals surface area contributed by atoms with Gasteiger partial charge in [-0.1, -0.05) is 32.0 Å². The van der Waals surface area contributed by atoms with E-state index >= 15 is 0 Å². The fourth-order valence-corrected chi connectivity index (χ4v) is 2.76. The molecule has 4 nitrogen and oxygen atoms in total. The molecular formula is C17H28N2O2. The van der Waals surface area contributed by atoms with Gasteiger partial charge < -0.3 is 19.7 Å². The zero-order chi connectivity index (χ0) is 15.1. The molecule has 0 radical (unpaired) electrons. The van der Waals surface area contributed by atoms with Crippen LogP contribution < -0.4 is 10.1 Å². The second-order valence-corrected chi connectivity index (χ2v) is 5.59. The zero-order valence-electron chi connectivity index (χ0n) is 13.5. The van der Waals surface area contributed by atoms with Crippen LogP contribution in [0.5, 0.6) is 5.75 Å². The molecule has 2 atom stereocenters. The van der Waals surface area contributed by atoms with Crippen LogP contribution in [0, 0.1) is 0 Å². The molecule has 1 heterocycles. The molecule has 4 heteroatoms. The quantitative estimate of drug-likeness (QED) is 0.837. The smallest absolute Gasteiger partial charge is 0.124 e. The molecule has 0 spiro atoms. The van der Waals surface area contributed by atoms with Crippen LogP contribution in [0.3, 0.4) is 0 Å². The van der Waals surface area contributed by atoms with Gasteiger partial charge in [0.1, 0.15) is 5.75 Å². The van der Waals surface area contributed by atoms with E-state index in [-0.39, 0.29) is 12.1 Å². The average Bonchev–Trinajstić information content (AvgIpc) is 2.51. The number of benzene rings is 1. The SMILES string of the molecule is CCCOc1ccccc1C(NCC)C1CN(C)CCO1. The first-order valence-electron chi connectivity index (χ1n) is 8.01. The Bertz CT molecular complexity index is 425. The monoisotopic (exact) mass is 292 g/mol. The normalized spacial score (nSPS) is 21.2. The minimum Gasteiger partial charge on any atom is -0.493 e. The Kier molecular flexibility index (Phi) is 6.49. The lowest BCUT2D eigenvalue weighted by Crippen LogP contribution is -2.46. The maximum absolute atomic E-state index is 6.02. The molecule has 0 aliphatic carbocycles. The van der Waals surface area contributed by atoms with Crippen molar-refractivity contribution in [3.8, 4) is 5.75 Å². The van der Waals surface area contributed by atoms with Crippen LogP contribution >= 0.6 is 0 Å². The minimum atomic E-state index is 0.162. The standard InChI is InChI=1S/C17H28N2O2/c1-4-11-20-15-9-7-6-8-14(15)17(18-5-2)16-13-19(3)10-12-21-16/h6-9,16-18H,4-5,10-13H2,1-3H3. The molecule has 2 unspecified atom stereocenters. The van der Waals surface area contributed by atoms with Crippen LogP contribution in [0.15, 0.2) is 24.3 Å². The molecule has 1 aliphatic rings. The summed E-state index contributed by atoms with van der Waals surface area (Å²) in [6.07, 6.45) is 1.18. The van der Waals surface area contributed by atoms with Crippen molar-refractivity contribution in [3.63, 3.8) is 0 Å². The highest BCUT2D eigenvalue weighted by molar-refractivity contribution is 5.36. The third-order valence-corrected chi connectivity index (χ3v) is 3.81. The molecule has 0 bridgehead atoms. The number of nitrogens with one attached hydrogen (secondary N) is 1. The van der Waals surface area contributed by atoms with Gasteiger partial charge in [-0.15, -0.1) is 0 Å². The molecule has 2 rings (SSSR count). The van der Waals surface area contributed by atoms with Crippen LogP contribution in [-0.2, 0) is 4.74 Å². The molecule has 0 saturated carbocycles. The summed E-state index contributed by atoms with van der Waals surface area (Å²) >= 11 is 0. The number of morpholine rings is 1. The van der Waals surface area contributed by atoms with Gasteiger partial charge in [0.15, 0.2) is 0 Å². The lowest BCUT2D eigenvalue weighted by atomic mass is 9.99. The molecule has 1 aromatic rings. The van der Waals surface area contributed by atoms with Crippen LogP contribution in [0.2, 0.25) is 0 Å². The van der Waals surface area contributed by atoms with Crippen molar-refractivity contribution in [1.29, 1.82) is 0 Å². The van der Waals surface area contributed by atoms with Crippen molar-refractivity contribution >= 4 is 0 Å². The Morgan fingerprint density at radius 3 is 2.90 bits per heavy atom. The second kappa shape index (κ2) is 8.37. The van der Waals surface area contributed by atoms with Gasteiger partial charge in [-0.05, 0) is 26.1 Å². The molecule has 1 aliphatic heterocycles. The van der Waals surface area contributed by atoms with Gasteiger partial charge in [-0.2, -0.15) is 0 Å². The number of hydrogen-bond donors (Lipinski definition) is 1. The third kappa shape index (κ3) is 4.43. The summed E-state index contributed by atoms with van der Waals surface area (Å²) in [4.78, 5) is 2.33. The van der Waals surface area contributed by atoms with E-state index in [1.807, 2.05) is 6.07 Å². The van der Waals surface area contributed by atoms with Gasteiger partial charge in [0.05, 0.1) is 25.4 Å². The molecule has 0 aromatic heterocycles. The highest BCUT2D eigenvalue weighted by Gasteiger charge is 2.29. The van der Waals surface area contributed by atoms with E-state index < -0.39 is 0 Å². The summed E-state index contributed by atoms with van der Waals surface area (Å²) in [5, 5.41) is 3.57. The number of para-hydroxylation sites is 1. The predicted molar refractivity (Wildman–Crippen MR) is 85.9 cm³/mol. The van der Waals surface area contributed by atoms with E-state index in [2.05, 4.69) is 49.3 Å². The first-order valence-corrected chi connectivity index (χ1v) is 8.01. The van der Waals surface area contributed by atoms with Gasteiger partial charge >= 0.3 is 0 Å². The van der Waals surface area contributed by atoms with Crippen molar-refractivity contribution in [3.05, 3.63) is 29.8 Å². The molecule has 0 amide bonds. The molecular weight excluding hydrogens is 264 g/mol. The molecule has 1 N–H and O–H groups in total. The lowest BCUT2D eigenvalue weighted by molar-refractivity contribution is -0.0394. The molecule has 21 heavy (non-hydrogen) atoms. The van der Waals surface area contributed by atoms with Crippen molar-refractivity contribution in [2.75, 3.05) is 39.9 Å². The first kappa shape index (κ1) is 16.3. The fraction of sp³-hybridized carbons (Fsp3) is 0.647. The average molecular weight is 292 g/mol. The van der Waals surface area contributed by atoms with Crippen LogP contribution in [0.25, 0.3) is 0 Å². The topological polar surface area (TPSA) is 33.7 Å². The van der Waals surface area contributed by atoms with E-state index in [4.69, 9.17) is 9.47 Å². The van der Waals surface area contributed by atoms with E-state index in [0.717, 1.165) is 45.0 Å². The Hall–Kier alpha value is -1.10. The highest BCUT2D eigenvalue weighted by Crippen LogP contribution is 2.30. The molecule has 1 saturated heterocycles. The number of hydrogen-bond acceptors (Lipinski definition) is 4. The minimum absolute atomic E-state index is 0.162. The predicted octanol–water partition coefficient (Wildman–Crippen LogP) is 2.46. The van der Waals surface area contributed by atoms with Gasteiger partial charge in [-0.3, -0.25) is 0 Å². The van der Waals surface area contributed by atoms with E-state index in [0.29, 0.717) is 0 Å². The van der Waals surface area contributed by atoms with Gasteiger partial charge in [0, 0.05) is 18.7 Å². The third-order valence-electron chi connectivity index (χ3n) is 3.81. The molecule has 118 valence electrons. The summed E-state index contributed by atoms with van der Waals surface area (Å²) in [7, 11) is 2.15. The Morgan fingerprint density at radius 1 is 1.38 bits per heavy atom. The number of likely N-dealkylation sites (N-methyl/N-ethyl adjacent to an activating group) is 2. The van der Waals surface area contributed by atoms with Crippen LogP contribution in [0.4, 0.5) is 0 Å². The van der Waals surface area contributed by atoms with Crippen LogP contribution in [-0.4, -0.2) is 50.9 Å². The zero-order valence-corrected chi connectivity index (χ0v) is 13.5. The Balaban J connectivity index is 2.20. The van der Waals surface area contributed by atoms with Gasteiger partial charge in [-0.25, -0.2) is 0 Å². The summed E-state index contributed by atoms with van der Waals surface area (Å²) in [6, 6.07) is 8.49. The van der Waals surface area contributed by atoms with Gasteiger partial charge in [0.25, 0.3) is 0 Å². The highest BCUT2D eigenvalue weighted by atomic mass is 16.5. The number of ether oxygens (including phenoxy) is 2. The van der Waals surface area contributed by atoms with E-state index in [9.17, 15) is 0 Å². The lowest BCUT2D eigenvalue weighted by Gasteiger charge is -2.36. The molecule has 1 fully saturated rings. The maximum Gasteiger partial charge on any atom is 0.124 e. The summed E-state index contributed by atoms with van der Waals surface area (Å²) in [5.41, 5.74) is 1.20. The Labute approximate surface area is 128 Å². The van der Waals surface area contributed by atoms with Crippen molar-refractivity contribution in [2.24, 2.45) is 0 Å². The maximum atomic E-state index is 6.02. The van der Waals surface area contributed by atoms with Crippen molar-refractivity contribution < 1.29 is 9.47 Å². The number of nitrogens with zero attached hydrogens (tertiary/aromatic N) is 1. The van der Waals surface area contributed by atoms with E-state index in [1.165, 1.54) is 5.56 Å². The summed E-state index contributed by atoms with van der Waals surface area (Å²) in [6.45, 7) is 8.67. The van der Waals surface area contributed by atoms with Crippen molar-refractivity contribution in [1.82, 2.24) is 10.2 Å². The van der Waals surface area contributed by atoms with Crippen molar-refractivity contribution in [2.45, 2.75) is 32.4 Å².